The molecule has 1 unspecified atom stereocenters. The SMILES string of the molecule is CC1(C(=O)O)CCN(CCSc2ccccc2F)C1. The highest BCUT2D eigenvalue weighted by Gasteiger charge is 2.39. The molecule has 19 heavy (non-hydrogen) atoms. The van der Waals surface area contributed by atoms with E-state index < -0.39 is 11.4 Å². The minimum Gasteiger partial charge on any atom is -0.481 e. The summed E-state index contributed by atoms with van der Waals surface area (Å²) in [4.78, 5) is 13.9. The summed E-state index contributed by atoms with van der Waals surface area (Å²) >= 11 is 1.48. The van der Waals surface area contributed by atoms with E-state index in [0.29, 0.717) is 17.9 Å². The molecule has 1 heterocycles. The maximum Gasteiger partial charge on any atom is 0.310 e. The van der Waals surface area contributed by atoms with Gasteiger partial charge in [-0.3, -0.25) is 4.79 Å². The quantitative estimate of drug-likeness (QED) is 0.844. The van der Waals surface area contributed by atoms with Crippen LogP contribution in [0.4, 0.5) is 4.39 Å². The van der Waals surface area contributed by atoms with Gasteiger partial charge in [0.15, 0.2) is 0 Å². The zero-order chi connectivity index (χ0) is 13.9. The summed E-state index contributed by atoms with van der Waals surface area (Å²) in [7, 11) is 0. The van der Waals surface area contributed by atoms with Gasteiger partial charge >= 0.3 is 5.97 Å². The van der Waals surface area contributed by atoms with Gasteiger partial charge in [-0.1, -0.05) is 12.1 Å². The molecule has 1 aliphatic rings. The largest absolute Gasteiger partial charge is 0.481 e. The molecule has 0 spiro atoms. The van der Waals surface area contributed by atoms with Crippen LogP contribution in [0.3, 0.4) is 0 Å². The molecule has 1 aliphatic heterocycles. The number of hydrogen-bond donors (Lipinski definition) is 1. The van der Waals surface area contributed by atoms with Crippen molar-refractivity contribution < 1.29 is 14.3 Å². The van der Waals surface area contributed by atoms with Crippen LogP contribution in [0.2, 0.25) is 0 Å². The smallest absolute Gasteiger partial charge is 0.310 e. The number of rotatable bonds is 5. The monoisotopic (exact) mass is 283 g/mol. The minimum absolute atomic E-state index is 0.190. The molecule has 0 radical (unpaired) electrons. The second kappa shape index (κ2) is 5.92. The van der Waals surface area contributed by atoms with Gasteiger partial charge in [0.05, 0.1) is 5.41 Å². The Hall–Kier alpha value is -1.07. The fraction of sp³-hybridized carbons (Fsp3) is 0.500. The number of thioether (sulfide) groups is 1. The maximum atomic E-state index is 13.4. The van der Waals surface area contributed by atoms with Gasteiger partial charge in [0.1, 0.15) is 5.82 Å². The Morgan fingerprint density at radius 2 is 2.26 bits per heavy atom. The third kappa shape index (κ3) is 3.48. The standard InChI is InChI=1S/C14H18FNO2S/c1-14(13(17)18)6-7-16(10-14)8-9-19-12-5-3-2-4-11(12)15/h2-5H,6-10H2,1H3,(H,17,18). The zero-order valence-electron chi connectivity index (χ0n) is 10.9. The predicted molar refractivity (Wildman–Crippen MR) is 73.9 cm³/mol. The zero-order valence-corrected chi connectivity index (χ0v) is 11.8. The average molecular weight is 283 g/mol. The lowest BCUT2D eigenvalue weighted by atomic mass is 9.90. The van der Waals surface area contributed by atoms with E-state index in [-0.39, 0.29) is 5.82 Å². The molecule has 0 bridgehead atoms. The molecule has 104 valence electrons. The van der Waals surface area contributed by atoms with E-state index in [9.17, 15) is 9.18 Å². The van der Waals surface area contributed by atoms with E-state index in [0.717, 1.165) is 18.8 Å². The van der Waals surface area contributed by atoms with Crippen molar-refractivity contribution >= 4 is 17.7 Å². The van der Waals surface area contributed by atoms with Crippen molar-refractivity contribution in [2.24, 2.45) is 5.41 Å². The van der Waals surface area contributed by atoms with Crippen molar-refractivity contribution in [3.8, 4) is 0 Å². The molecule has 1 saturated heterocycles. The number of carbonyl (C=O) groups is 1. The van der Waals surface area contributed by atoms with E-state index >= 15 is 0 Å². The summed E-state index contributed by atoms with van der Waals surface area (Å²) in [6.45, 7) is 3.97. The van der Waals surface area contributed by atoms with E-state index in [2.05, 4.69) is 4.90 Å². The Balaban J connectivity index is 1.79. The fourth-order valence-electron chi connectivity index (χ4n) is 2.27. The third-order valence-electron chi connectivity index (χ3n) is 3.57. The van der Waals surface area contributed by atoms with E-state index in [1.54, 1.807) is 19.1 Å². The first-order chi connectivity index (χ1) is 9.01. The van der Waals surface area contributed by atoms with Gasteiger partial charge in [-0.05, 0) is 32.0 Å². The van der Waals surface area contributed by atoms with Gasteiger partial charge in [0.25, 0.3) is 0 Å². The number of hydrogen-bond acceptors (Lipinski definition) is 3. The summed E-state index contributed by atoms with van der Waals surface area (Å²) in [6, 6.07) is 6.73. The van der Waals surface area contributed by atoms with Crippen LogP contribution >= 0.6 is 11.8 Å². The number of carboxylic acid groups (broad SMARTS) is 1. The first kappa shape index (κ1) is 14.3. The predicted octanol–water partition coefficient (Wildman–Crippen LogP) is 2.71. The maximum absolute atomic E-state index is 13.4. The lowest BCUT2D eigenvalue weighted by molar-refractivity contribution is -0.147. The van der Waals surface area contributed by atoms with Crippen molar-refractivity contribution in [2.45, 2.75) is 18.2 Å². The Kier molecular flexibility index (Phi) is 4.47. The summed E-state index contributed by atoms with van der Waals surface area (Å²) in [5.74, 6) is -0.141. The van der Waals surface area contributed by atoms with Gasteiger partial charge < -0.3 is 10.0 Å². The van der Waals surface area contributed by atoms with Gasteiger partial charge in [0, 0.05) is 23.7 Å². The highest BCUT2D eigenvalue weighted by molar-refractivity contribution is 7.99. The van der Waals surface area contributed by atoms with Crippen molar-refractivity contribution in [1.82, 2.24) is 4.90 Å². The minimum atomic E-state index is -0.725. The summed E-state index contributed by atoms with van der Waals surface area (Å²) < 4.78 is 13.4. The van der Waals surface area contributed by atoms with Crippen LogP contribution in [-0.2, 0) is 4.79 Å². The summed E-state index contributed by atoms with van der Waals surface area (Å²) in [5, 5.41) is 9.15. The Morgan fingerprint density at radius 3 is 2.89 bits per heavy atom. The van der Waals surface area contributed by atoms with Crippen LogP contribution in [0.5, 0.6) is 0 Å². The second-order valence-corrected chi connectivity index (χ2v) is 6.31. The highest BCUT2D eigenvalue weighted by Crippen LogP contribution is 2.30. The van der Waals surface area contributed by atoms with Crippen LogP contribution in [0.15, 0.2) is 29.2 Å². The molecule has 0 amide bonds. The highest BCUT2D eigenvalue weighted by atomic mass is 32.2. The first-order valence-electron chi connectivity index (χ1n) is 6.34. The molecule has 0 aliphatic carbocycles. The average Bonchev–Trinajstić information content (AvgIpc) is 2.75. The van der Waals surface area contributed by atoms with Gasteiger partial charge in [0.2, 0.25) is 0 Å². The molecule has 1 atom stereocenters. The molecule has 1 fully saturated rings. The van der Waals surface area contributed by atoms with E-state index in [1.165, 1.54) is 17.8 Å². The molecule has 1 aromatic rings. The van der Waals surface area contributed by atoms with Crippen LogP contribution < -0.4 is 0 Å². The number of benzene rings is 1. The van der Waals surface area contributed by atoms with Crippen LogP contribution in [0, 0.1) is 11.2 Å². The Morgan fingerprint density at radius 1 is 1.53 bits per heavy atom. The molecule has 0 saturated carbocycles. The Bertz CT molecular complexity index is 469. The van der Waals surface area contributed by atoms with Crippen LogP contribution in [-0.4, -0.2) is 41.4 Å². The normalized spacial score (nSPS) is 23.7. The molecule has 3 nitrogen and oxygen atoms in total. The number of likely N-dealkylation sites (tertiary alicyclic amines) is 1. The fourth-order valence-corrected chi connectivity index (χ4v) is 3.22. The lowest BCUT2D eigenvalue weighted by Crippen LogP contribution is -2.32. The molecule has 5 heteroatoms. The topological polar surface area (TPSA) is 40.5 Å². The first-order valence-corrected chi connectivity index (χ1v) is 7.33. The number of carboxylic acids is 1. The number of aliphatic carboxylic acids is 1. The van der Waals surface area contributed by atoms with Gasteiger partial charge in [-0.2, -0.15) is 0 Å². The molecular formula is C14H18FNO2S. The lowest BCUT2D eigenvalue weighted by Gasteiger charge is -2.19. The number of halogens is 1. The molecule has 1 N–H and O–H groups in total. The van der Waals surface area contributed by atoms with Crippen molar-refractivity contribution in [3.05, 3.63) is 30.1 Å². The van der Waals surface area contributed by atoms with Crippen LogP contribution in [0.1, 0.15) is 13.3 Å². The molecule has 2 rings (SSSR count). The van der Waals surface area contributed by atoms with Crippen molar-refractivity contribution in [2.75, 3.05) is 25.4 Å². The summed E-state index contributed by atoms with van der Waals surface area (Å²) in [6.07, 6.45) is 0.687. The van der Waals surface area contributed by atoms with E-state index in [1.807, 2.05) is 6.07 Å². The summed E-state index contributed by atoms with van der Waals surface area (Å²) in [5.41, 5.74) is -0.622. The molecule has 0 aromatic heterocycles. The molecular weight excluding hydrogens is 265 g/mol. The van der Waals surface area contributed by atoms with E-state index in [4.69, 9.17) is 5.11 Å². The van der Waals surface area contributed by atoms with Crippen molar-refractivity contribution in [3.63, 3.8) is 0 Å². The van der Waals surface area contributed by atoms with Crippen molar-refractivity contribution in [1.29, 1.82) is 0 Å². The van der Waals surface area contributed by atoms with Gasteiger partial charge in [-0.15, -0.1) is 11.8 Å². The van der Waals surface area contributed by atoms with Crippen LogP contribution in [0.25, 0.3) is 0 Å². The second-order valence-electron chi connectivity index (χ2n) is 5.17. The third-order valence-corrected chi connectivity index (χ3v) is 4.60. The Labute approximate surface area is 116 Å². The molecule has 1 aromatic carbocycles. The number of nitrogens with zero attached hydrogens (tertiary/aromatic N) is 1. The van der Waals surface area contributed by atoms with Gasteiger partial charge in [-0.25, -0.2) is 4.39 Å².